The summed E-state index contributed by atoms with van der Waals surface area (Å²) in [5.74, 6) is -0.270. The zero-order valence-electron chi connectivity index (χ0n) is 12.9. The highest BCUT2D eigenvalue weighted by molar-refractivity contribution is 7.13. The van der Waals surface area contributed by atoms with Gasteiger partial charge in [-0.2, -0.15) is 0 Å². The lowest BCUT2D eigenvalue weighted by Gasteiger charge is -1.97. The first-order valence-corrected chi connectivity index (χ1v) is 8.79. The van der Waals surface area contributed by atoms with Gasteiger partial charge in [-0.15, -0.1) is 16.4 Å². The zero-order chi connectivity index (χ0) is 17.2. The number of rotatable bonds is 4. The van der Waals surface area contributed by atoms with Crippen LogP contribution in [0.2, 0.25) is 5.02 Å². The van der Waals surface area contributed by atoms with Crippen molar-refractivity contribution in [3.63, 3.8) is 0 Å². The molecule has 0 saturated heterocycles. The first-order chi connectivity index (χ1) is 12.2. The Labute approximate surface area is 152 Å². The van der Waals surface area contributed by atoms with Gasteiger partial charge in [-0.05, 0) is 36.4 Å². The Hall–Kier alpha value is -2.57. The van der Waals surface area contributed by atoms with Crippen molar-refractivity contribution in [1.82, 2.24) is 20.0 Å². The third-order valence-electron chi connectivity index (χ3n) is 3.65. The monoisotopic (exact) mass is 370 g/mol. The Balaban J connectivity index is 1.51. The van der Waals surface area contributed by atoms with Gasteiger partial charge in [0.25, 0.3) is 0 Å². The molecule has 2 aromatic carbocycles. The second-order valence-electron chi connectivity index (χ2n) is 5.46. The largest absolute Gasteiger partial charge is 0.246 e. The summed E-state index contributed by atoms with van der Waals surface area (Å²) < 4.78 is 14.7. The first-order valence-electron chi connectivity index (χ1n) is 7.54. The van der Waals surface area contributed by atoms with Crippen molar-refractivity contribution >= 4 is 22.9 Å². The van der Waals surface area contributed by atoms with Crippen LogP contribution in [-0.4, -0.2) is 20.0 Å². The van der Waals surface area contributed by atoms with Crippen molar-refractivity contribution in [3.05, 3.63) is 76.6 Å². The molecule has 0 spiro atoms. The lowest BCUT2D eigenvalue weighted by molar-refractivity contribution is 0.628. The summed E-state index contributed by atoms with van der Waals surface area (Å²) in [6.07, 6.45) is 1.83. The number of aromatic nitrogens is 4. The van der Waals surface area contributed by atoms with Crippen LogP contribution in [0.5, 0.6) is 0 Å². The number of halogens is 2. The van der Waals surface area contributed by atoms with E-state index in [1.807, 2.05) is 35.8 Å². The number of thiazole rings is 1. The molecule has 0 fully saturated rings. The second-order valence-corrected chi connectivity index (χ2v) is 6.75. The van der Waals surface area contributed by atoms with E-state index in [1.165, 1.54) is 12.1 Å². The molecule has 25 heavy (non-hydrogen) atoms. The summed E-state index contributed by atoms with van der Waals surface area (Å²) in [5, 5.41) is 11.9. The lowest BCUT2D eigenvalue weighted by Crippen LogP contribution is -2.00. The lowest BCUT2D eigenvalue weighted by atomic mass is 10.2. The van der Waals surface area contributed by atoms with Crippen LogP contribution < -0.4 is 0 Å². The van der Waals surface area contributed by atoms with Gasteiger partial charge in [0.2, 0.25) is 0 Å². The van der Waals surface area contributed by atoms with Crippen LogP contribution in [0.25, 0.3) is 21.8 Å². The molecule has 4 aromatic rings. The summed E-state index contributed by atoms with van der Waals surface area (Å²) in [6, 6.07) is 13.8. The van der Waals surface area contributed by atoms with Gasteiger partial charge in [0, 0.05) is 21.5 Å². The average molecular weight is 371 g/mol. The molecule has 4 rings (SSSR count). The fraction of sp³-hybridized carbons (Fsp3) is 0.0556. The van der Waals surface area contributed by atoms with E-state index in [-0.39, 0.29) is 5.82 Å². The first kappa shape index (κ1) is 15.9. The van der Waals surface area contributed by atoms with E-state index in [1.54, 1.807) is 28.2 Å². The van der Waals surface area contributed by atoms with E-state index in [0.29, 0.717) is 17.3 Å². The molecule has 0 aliphatic heterocycles. The van der Waals surface area contributed by atoms with Crippen molar-refractivity contribution in [2.24, 2.45) is 0 Å². The van der Waals surface area contributed by atoms with Gasteiger partial charge in [0.15, 0.2) is 0 Å². The van der Waals surface area contributed by atoms with Crippen LogP contribution in [0.1, 0.15) is 5.69 Å². The Morgan fingerprint density at radius 3 is 2.48 bits per heavy atom. The quantitative estimate of drug-likeness (QED) is 0.512. The van der Waals surface area contributed by atoms with Crippen molar-refractivity contribution in [2.75, 3.05) is 0 Å². The minimum Gasteiger partial charge on any atom is -0.246 e. The van der Waals surface area contributed by atoms with Gasteiger partial charge < -0.3 is 0 Å². The molecular formula is C18H12ClFN4S. The molecule has 0 amide bonds. The fourth-order valence-electron chi connectivity index (χ4n) is 2.40. The predicted molar refractivity (Wildman–Crippen MR) is 97.1 cm³/mol. The van der Waals surface area contributed by atoms with Gasteiger partial charge in [0.05, 0.1) is 18.4 Å². The summed E-state index contributed by atoms with van der Waals surface area (Å²) in [5.41, 5.74) is 3.47. The molecule has 7 heteroatoms. The van der Waals surface area contributed by atoms with Crippen LogP contribution in [0, 0.1) is 5.82 Å². The van der Waals surface area contributed by atoms with E-state index in [4.69, 9.17) is 11.6 Å². The molecule has 0 saturated carbocycles. The second kappa shape index (κ2) is 6.74. The SMILES string of the molecule is Fc1ccc(-c2cn(Cc3csc(-c4ccc(Cl)cc4)n3)nn2)cc1. The van der Waals surface area contributed by atoms with Gasteiger partial charge in [0.1, 0.15) is 16.5 Å². The summed E-state index contributed by atoms with van der Waals surface area (Å²) in [4.78, 5) is 4.64. The topological polar surface area (TPSA) is 43.6 Å². The minimum atomic E-state index is -0.270. The van der Waals surface area contributed by atoms with Crippen LogP contribution >= 0.6 is 22.9 Å². The highest BCUT2D eigenvalue weighted by Crippen LogP contribution is 2.25. The predicted octanol–water partition coefficient (Wildman–Crippen LogP) is 4.91. The normalized spacial score (nSPS) is 11.0. The van der Waals surface area contributed by atoms with E-state index in [2.05, 4.69) is 15.3 Å². The third kappa shape index (κ3) is 3.60. The van der Waals surface area contributed by atoms with Crippen molar-refractivity contribution in [1.29, 1.82) is 0 Å². The highest BCUT2D eigenvalue weighted by Gasteiger charge is 2.08. The molecule has 124 valence electrons. The van der Waals surface area contributed by atoms with Crippen LogP contribution in [0.15, 0.2) is 60.1 Å². The minimum absolute atomic E-state index is 0.270. The van der Waals surface area contributed by atoms with Gasteiger partial charge >= 0.3 is 0 Å². The van der Waals surface area contributed by atoms with E-state index in [9.17, 15) is 4.39 Å². The number of hydrogen-bond donors (Lipinski definition) is 0. The van der Waals surface area contributed by atoms with Crippen molar-refractivity contribution < 1.29 is 4.39 Å². The smallest absolute Gasteiger partial charge is 0.123 e. The average Bonchev–Trinajstić information content (AvgIpc) is 3.27. The summed E-state index contributed by atoms with van der Waals surface area (Å²) >= 11 is 7.49. The maximum atomic E-state index is 13.0. The van der Waals surface area contributed by atoms with Gasteiger partial charge in [-0.25, -0.2) is 14.1 Å². The number of benzene rings is 2. The van der Waals surface area contributed by atoms with E-state index >= 15 is 0 Å². The molecule has 0 radical (unpaired) electrons. The van der Waals surface area contributed by atoms with Gasteiger partial charge in [-0.3, -0.25) is 0 Å². The Kier molecular flexibility index (Phi) is 4.29. The molecule has 0 atom stereocenters. The van der Waals surface area contributed by atoms with Crippen LogP contribution in [0.3, 0.4) is 0 Å². The third-order valence-corrected chi connectivity index (χ3v) is 4.84. The molecular weight excluding hydrogens is 359 g/mol. The highest BCUT2D eigenvalue weighted by atomic mass is 35.5. The van der Waals surface area contributed by atoms with Crippen molar-refractivity contribution in [3.8, 4) is 21.8 Å². The van der Waals surface area contributed by atoms with Crippen LogP contribution in [-0.2, 0) is 6.54 Å². The Morgan fingerprint density at radius 1 is 1.00 bits per heavy atom. The Morgan fingerprint density at radius 2 is 1.72 bits per heavy atom. The van der Waals surface area contributed by atoms with Crippen LogP contribution in [0.4, 0.5) is 4.39 Å². The molecule has 4 nitrogen and oxygen atoms in total. The fourth-order valence-corrected chi connectivity index (χ4v) is 3.34. The molecule has 2 aromatic heterocycles. The van der Waals surface area contributed by atoms with E-state index in [0.717, 1.165) is 21.8 Å². The maximum Gasteiger partial charge on any atom is 0.123 e. The number of nitrogens with zero attached hydrogens (tertiary/aromatic N) is 4. The van der Waals surface area contributed by atoms with Crippen molar-refractivity contribution in [2.45, 2.75) is 6.54 Å². The van der Waals surface area contributed by atoms with E-state index < -0.39 is 0 Å². The molecule has 0 aliphatic carbocycles. The van der Waals surface area contributed by atoms with Gasteiger partial charge in [-0.1, -0.05) is 28.9 Å². The summed E-state index contributed by atoms with van der Waals surface area (Å²) in [6.45, 7) is 0.526. The molecule has 2 heterocycles. The maximum absolute atomic E-state index is 13.0. The molecule has 0 bridgehead atoms. The standard InChI is InChI=1S/C18H12ClFN4S/c19-14-5-1-13(2-6-14)18-21-16(11-25-18)9-24-10-17(22-23-24)12-3-7-15(20)8-4-12/h1-8,10-11H,9H2. The molecule has 0 aliphatic rings. The molecule has 0 N–H and O–H groups in total. The molecule has 0 unspecified atom stereocenters. The Bertz CT molecular complexity index is 911. The summed E-state index contributed by atoms with van der Waals surface area (Å²) in [7, 11) is 0. The number of hydrogen-bond acceptors (Lipinski definition) is 4. The zero-order valence-corrected chi connectivity index (χ0v) is 14.5.